The van der Waals surface area contributed by atoms with E-state index in [2.05, 4.69) is 4.74 Å². The summed E-state index contributed by atoms with van der Waals surface area (Å²) in [5.41, 5.74) is 0. The Bertz CT molecular complexity index is 67.3. The molecule has 0 aliphatic carbocycles. The Morgan fingerprint density at radius 1 is 2.00 bits per heavy atom. The van der Waals surface area contributed by atoms with Gasteiger partial charge >= 0.3 is 5.97 Å². The van der Waals surface area contributed by atoms with Crippen molar-refractivity contribution >= 4 is 5.97 Å². The fraction of sp³-hybridized carbons (Fsp3) is 0.667. The van der Waals surface area contributed by atoms with Gasteiger partial charge in [-0.15, -0.1) is 0 Å². The maximum Gasteiger partial charge on any atom is 0.347 e. The molecule has 0 N–H and O–H groups in total. The standard InChI is InChI=1S/C3H4O2/c1-2-3(4)5-2/h2H,1H3. The molecule has 0 amide bonds. The lowest BCUT2D eigenvalue weighted by Crippen LogP contribution is -1.68. The van der Waals surface area contributed by atoms with Crippen molar-refractivity contribution in [3.05, 3.63) is 0 Å². The molecule has 5 heavy (non-hydrogen) atoms. The molecule has 1 aliphatic heterocycles. The van der Waals surface area contributed by atoms with E-state index >= 15 is 0 Å². The third-order valence-corrected chi connectivity index (χ3v) is 0.568. The van der Waals surface area contributed by atoms with Gasteiger partial charge in [0, 0.05) is 0 Å². The number of rotatable bonds is 0. The molecule has 1 aliphatic rings. The third-order valence-electron chi connectivity index (χ3n) is 0.568. The van der Waals surface area contributed by atoms with E-state index in [-0.39, 0.29) is 12.1 Å². The topological polar surface area (TPSA) is 29.6 Å². The molecule has 2 nitrogen and oxygen atoms in total. The smallest absolute Gasteiger partial charge is 0.347 e. The number of epoxide rings is 1. The summed E-state index contributed by atoms with van der Waals surface area (Å²) in [4.78, 5) is 9.66. The molecule has 28 valence electrons. The molecule has 1 rings (SSSR count). The van der Waals surface area contributed by atoms with Gasteiger partial charge in [0.2, 0.25) is 0 Å². The molecule has 0 aromatic rings. The van der Waals surface area contributed by atoms with Crippen LogP contribution in [0.4, 0.5) is 0 Å². The van der Waals surface area contributed by atoms with Crippen LogP contribution in [-0.4, -0.2) is 12.1 Å². The fourth-order valence-corrected chi connectivity index (χ4v) is 0.140. The van der Waals surface area contributed by atoms with E-state index in [1.807, 2.05) is 0 Å². The number of carbonyl (C=O) groups is 1. The number of hydrogen-bond donors (Lipinski definition) is 0. The Morgan fingerprint density at radius 3 is 2.20 bits per heavy atom. The normalized spacial score (nSPS) is 33.0. The molecule has 1 atom stereocenters. The molecule has 0 aromatic carbocycles. The molecule has 0 aromatic heterocycles. The van der Waals surface area contributed by atoms with Crippen LogP contribution in [0.1, 0.15) is 6.92 Å². The minimum absolute atomic E-state index is 0.0787. The monoisotopic (exact) mass is 72.0 g/mol. The van der Waals surface area contributed by atoms with Crippen molar-refractivity contribution in [2.75, 3.05) is 0 Å². The summed E-state index contributed by atoms with van der Waals surface area (Å²) in [7, 11) is 0. The van der Waals surface area contributed by atoms with Crippen molar-refractivity contribution in [1.29, 1.82) is 0 Å². The number of carbonyl (C=O) groups excluding carboxylic acids is 1. The fourth-order valence-electron chi connectivity index (χ4n) is 0.140. The highest BCUT2D eigenvalue weighted by molar-refractivity contribution is 5.86. The van der Waals surface area contributed by atoms with E-state index in [1.165, 1.54) is 0 Å². The Balaban J connectivity index is 2.47. The van der Waals surface area contributed by atoms with Crippen molar-refractivity contribution in [3.63, 3.8) is 0 Å². The van der Waals surface area contributed by atoms with Gasteiger partial charge in [0.1, 0.15) is 0 Å². The van der Waals surface area contributed by atoms with E-state index in [4.69, 9.17) is 0 Å². The van der Waals surface area contributed by atoms with E-state index in [0.29, 0.717) is 0 Å². The number of ether oxygens (including phenoxy) is 1. The minimum atomic E-state index is -0.0880. The molecule has 0 saturated carbocycles. The van der Waals surface area contributed by atoms with Crippen LogP contribution in [0.3, 0.4) is 0 Å². The lowest BCUT2D eigenvalue weighted by molar-refractivity contribution is -0.117. The summed E-state index contributed by atoms with van der Waals surface area (Å²) < 4.78 is 4.28. The Labute approximate surface area is 29.7 Å². The second-order valence-corrected chi connectivity index (χ2v) is 1.08. The summed E-state index contributed by atoms with van der Waals surface area (Å²) in [6.07, 6.45) is -0.0880. The first-order chi connectivity index (χ1) is 2.30. The molecular formula is C3H4O2. The van der Waals surface area contributed by atoms with Crippen LogP contribution < -0.4 is 0 Å². The zero-order valence-electron chi connectivity index (χ0n) is 2.89. The van der Waals surface area contributed by atoms with Crippen molar-refractivity contribution < 1.29 is 9.53 Å². The molecule has 1 unspecified atom stereocenters. The van der Waals surface area contributed by atoms with Crippen LogP contribution in [0.15, 0.2) is 0 Å². The maximum absolute atomic E-state index is 9.66. The van der Waals surface area contributed by atoms with Crippen LogP contribution in [0, 0.1) is 0 Å². The van der Waals surface area contributed by atoms with Gasteiger partial charge in [-0.05, 0) is 6.92 Å². The summed E-state index contributed by atoms with van der Waals surface area (Å²) in [5.74, 6) is -0.0787. The van der Waals surface area contributed by atoms with Crippen LogP contribution in [-0.2, 0) is 9.53 Å². The van der Waals surface area contributed by atoms with Crippen molar-refractivity contribution in [3.8, 4) is 0 Å². The predicted molar refractivity (Wildman–Crippen MR) is 15.6 cm³/mol. The zero-order valence-corrected chi connectivity index (χ0v) is 2.89. The van der Waals surface area contributed by atoms with Gasteiger partial charge in [0.15, 0.2) is 6.10 Å². The van der Waals surface area contributed by atoms with Crippen molar-refractivity contribution in [2.24, 2.45) is 0 Å². The van der Waals surface area contributed by atoms with Crippen LogP contribution in [0.2, 0.25) is 0 Å². The Kier molecular flexibility index (Phi) is 0.272. The summed E-state index contributed by atoms with van der Waals surface area (Å²) in [6, 6.07) is 0. The molecular weight excluding hydrogens is 68.0 g/mol. The molecule has 1 heterocycles. The highest BCUT2D eigenvalue weighted by Crippen LogP contribution is 2.08. The molecule has 1 fully saturated rings. The molecule has 0 spiro atoms. The van der Waals surface area contributed by atoms with Gasteiger partial charge in [0.05, 0.1) is 0 Å². The number of cyclic esters (lactones) is 1. The van der Waals surface area contributed by atoms with Crippen LogP contribution in [0.25, 0.3) is 0 Å². The van der Waals surface area contributed by atoms with E-state index in [0.717, 1.165) is 0 Å². The second kappa shape index (κ2) is 0.506. The van der Waals surface area contributed by atoms with E-state index in [1.54, 1.807) is 6.92 Å². The van der Waals surface area contributed by atoms with Crippen LogP contribution in [0.5, 0.6) is 0 Å². The van der Waals surface area contributed by atoms with E-state index < -0.39 is 0 Å². The first kappa shape index (κ1) is 2.69. The van der Waals surface area contributed by atoms with Gasteiger partial charge in [0.25, 0.3) is 0 Å². The highest BCUT2D eigenvalue weighted by Gasteiger charge is 2.31. The maximum atomic E-state index is 9.66. The zero-order chi connectivity index (χ0) is 3.86. The first-order valence-electron chi connectivity index (χ1n) is 1.51. The summed E-state index contributed by atoms with van der Waals surface area (Å²) >= 11 is 0. The first-order valence-corrected chi connectivity index (χ1v) is 1.51. The van der Waals surface area contributed by atoms with Crippen molar-refractivity contribution in [2.45, 2.75) is 13.0 Å². The number of hydrogen-bond acceptors (Lipinski definition) is 2. The van der Waals surface area contributed by atoms with Crippen molar-refractivity contribution in [1.82, 2.24) is 0 Å². The predicted octanol–water partition coefficient (Wildman–Crippen LogP) is -0.0683. The molecule has 0 bridgehead atoms. The Hall–Kier alpha value is -0.530. The molecule has 2 heteroatoms. The van der Waals surface area contributed by atoms with E-state index in [9.17, 15) is 4.79 Å². The quantitative estimate of drug-likeness (QED) is 0.375. The third kappa shape index (κ3) is 0.251. The summed E-state index contributed by atoms with van der Waals surface area (Å²) in [5, 5.41) is 0. The average molecular weight is 72.1 g/mol. The highest BCUT2D eigenvalue weighted by atomic mass is 16.6. The second-order valence-electron chi connectivity index (χ2n) is 1.08. The van der Waals surface area contributed by atoms with Gasteiger partial charge in [-0.3, -0.25) is 0 Å². The van der Waals surface area contributed by atoms with Gasteiger partial charge in [-0.2, -0.15) is 0 Å². The lowest BCUT2D eigenvalue weighted by Gasteiger charge is -1.47. The average Bonchev–Trinajstić information content (AvgIpc) is 1.79. The van der Waals surface area contributed by atoms with Crippen LogP contribution >= 0.6 is 0 Å². The largest absolute Gasteiger partial charge is 0.448 e. The van der Waals surface area contributed by atoms with Gasteiger partial charge in [-0.25, -0.2) is 4.79 Å². The van der Waals surface area contributed by atoms with Gasteiger partial charge < -0.3 is 4.74 Å². The lowest BCUT2D eigenvalue weighted by atomic mass is 10.6. The SMILES string of the molecule is CC1OC1=O. The summed E-state index contributed by atoms with van der Waals surface area (Å²) in [6.45, 7) is 1.72. The molecule has 1 saturated heterocycles. The molecule has 0 radical (unpaired) electrons. The minimum Gasteiger partial charge on any atom is -0.448 e. The van der Waals surface area contributed by atoms with Gasteiger partial charge in [-0.1, -0.05) is 0 Å². The Morgan fingerprint density at radius 2 is 2.20 bits per heavy atom.